The SMILES string of the molecule is Nc1scc2c(C(=O)NN=Cc3ccc(Cl)cc3)nn(-c3ccccc3)c(=O)c12. The molecule has 0 bridgehead atoms. The Morgan fingerprint density at radius 1 is 1.17 bits per heavy atom. The molecule has 0 saturated carbocycles. The number of halogens is 1. The van der Waals surface area contributed by atoms with Crippen LogP contribution in [0.25, 0.3) is 16.5 Å². The summed E-state index contributed by atoms with van der Waals surface area (Å²) in [5.74, 6) is -0.553. The summed E-state index contributed by atoms with van der Waals surface area (Å²) in [7, 11) is 0. The lowest BCUT2D eigenvalue weighted by atomic mass is 10.2. The van der Waals surface area contributed by atoms with Crippen LogP contribution in [0.5, 0.6) is 0 Å². The summed E-state index contributed by atoms with van der Waals surface area (Å²) in [6, 6.07) is 15.8. The maximum absolute atomic E-state index is 12.9. The van der Waals surface area contributed by atoms with Gasteiger partial charge < -0.3 is 5.73 Å². The van der Waals surface area contributed by atoms with Crippen molar-refractivity contribution in [3.8, 4) is 5.69 Å². The lowest BCUT2D eigenvalue weighted by molar-refractivity contribution is 0.0950. The van der Waals surface area contributed by atoms with Crippen LogP contribution >= 0.6 is 22.9 Å². The van der Waals surface area contributed by atoms with Crippen molar-refractivity contribution in [1.29, 1.82) is 0 Å². The number of amides is 1. The molecule has 4 rings (SSSR count). The zero-order valence-corrected chi connectivity index (χ0v) is 16.4. The minimum Gasteiger partial charge on any atom is -0.390 e. The number of aromatic nitrogens is 2. The maximum atomic E-state index is 12.9. The second-order valence-corrected chi connectivity index (χ2v) is 7.39. The molecule has 0 unspecified atom stereocenters. The predicted molar refractivity (Wildman–Crippen MR) is 116 cm³/mol. The molecule has 0 fully saturated rings. The van der Waals surface area contributed by atoms with E-state index in [2.05, 4.69) is 15.6 Å². The van der Waals surface area contributed by atoms with E-state index in [0.29, 0.717) is 21.1 Å². The van der Waals surface area contributed by atoms with E-state index in [-0.39, 0.29) is 16.6 Å². The molecule has 0 saturated heterocycles. The smallest absolute Gasteiger partial charge is 0.292 e. The molecule has 1 amide bonds. The average molecular weight is 424 g/mol. The number of hydrogen-bond acceptors (Lipinski definition) is 6. The number of thiophene rings is 1. The van der Waals surface area contributed by atoms with Gasteiger partial charge >= 0.3 is 0 Å². The van der Waals surface area contributed by atoms with Crippen LogP contribution in [0.2, 0.25) is 5.02 Å². The van der Waals surface area contributed by atoms with Gasteiger partial charge in [-0.1, -0.05) is 41.9 Å². The van der Waals surface area contributed by atoms with E-state index in [1.165, 1.54) is 22.2 Å². The molecule has 7 nitrogen and oxygen atoms in total. The van der Waals surface area contributed by atoms with Gasteiger partial charge in [-0.15, -0.1) is 11.3 Å². The Labute approximate surface area is 174 Å². The summed E-state index contributed by atoms with van der Waals surface area (Å²) in [5, 5.41) is 11.5. The Balaban J connectivity index is 1.73. The van der Waals surface area contributed by atoms with Crippen molar-refractivity contribution in [3.05, 3.63) is 86.6 Å². The van der Waals surface area contributed by atoms with Gasteiger partial charge in [0.15, 0.2) is 5.69 Å². The van der Waals surface area contributed by atoms with Gasteiger partial charge in [0, 0.05) is 15.8 Å². The number of anilines is 1. The molecular weight excluding hydrogens is 410 g/mol. The molecule has 9 heteroatoms. The number of carbonyl (C=O) groups is 1. The third kappa shape index (κ3) is 3.75. The van der Waals surface area contributed by atoms with Gasteiger partial charge in [-0.2, -0.15) is 14.9 Å². The standard InChI is InChI=1S/C20H14ClN5O2S/c21-13-8-6-12(7-9-13)10-23-24-19(27)17-15-11-29-18(22)16(15)20(28)26(25-17)14-4-2-1-3-5-14/h1-11H,22H2,(H,24,27). The number of nitrogens with one attached hydrogen (secondary N) is 1. The van der Waals surface area contributed by atoms with Crippen molar-refractivity contribution in [2.24, 2.45) is 5.10 Å². The first kappa shape index (κ1) is 18.9. The summed E-state index contributed by atoms with van der Waals surface area (Å²) < 4.78 is 1.17. The second-order valence-electron chi connectivity index (χ2n) is 6.04. The number of hydrogen-bond donors (Lipinski definition) is 2. The van der Waals surface area contributed by atoms with Crippen LogP contribution in [0.1, 0.15) is 16.1 Å². The second kappa shape index (κ2) is 7.86. The Bertz CT molecular complexity index is 1280. The fourth-order valence-corrected chi connectivity index (χ4v) is 3.67. The van der Waals surface area contributed by atoms with Crippen LogP contribution < -0.4 is 16.7 Å². The molecule has 4 aromatic rings. The number of hydrazone groups is 1. The van der Waals surface area contributed by atoms with Crippen LogP contribution in [0.3, 0.4) is 0 Å². The Morgan fingerprint density at radius 2 is 1.90 bits per heavy atom. The van der Waals surface area contributed by atoms with Gasteiger partial charge in [-0.05, 0) is 29.8 Å². The monoisotopic (exact) mass is 423 g/mol. The van der Waals surface area contributed by atoms with Gasteiger partial charge in [-0.3, -0.25) is 9.59 Å². The van der Waals surface area contributed by atoms with Crippen LogP contribution in [0.4, 0.5) is 5.00 Å². The number of nitrogen functional groups attached to an aromatic ring is 1. The molecule has 0 radical (unpaired) electrons. The number of benzene rings is 2. The van der Waals surface area contributed by atoms with Gasteiger partial charge in [0.1, 0.15) is 0 Å². The highest BCUT2D eigenvalue weighted by Crippen LogP contribution is 2.27. The number of rotatable bonds is 4. The zero-order valence-electron chi connectivity index (χ0n) is 14.9. The van der Waals surface area contributed by atoms with Crippen molar-refractivity contribution >= 4 is 50.8 Å². The van der Waals surface area contributed by atoms with Crippen molar-refractivity contribution in [3.63, 3.8) is 0 Å². The first-order valence-corrected chi connectivity index (χ1v) is 9.75. The zero-order chi connectivity index (χ0) is 20.4. The summed E-state index contributed by atoms with van der Waals surface area (Å²) >= 11 is 7.04. The van der Waals surface area contributed by atoms with E-state index >= 15 is 0 Å². The number of nitrogens with zero attached hydrogens (tertiary/aromatic N) is 3. The van der Waals surface area contributed by atoms with E-state index < -0.39 is 5.91 Å². The van der Waals surface area contributed by atoms with E-state index in [9.17, 15) is 9.59 Å². The molecule has 144 valence electrons. The van der Waals surface area contributed by atoms with E-state index in [0.717, 1.165) is 5.56 Å². The largest absolute Gasteiger partial charge is 0.390 e. The Morgan fingerprint density at radius 3 is 2.62 bits per heavy atom. The van der Waals surface area contributed by atoms with E-state index in [1.54, 1.807) is 53.9 Å². The predicted octanol–water partition coefficient (Wildman–Crippen LogP) is 3.45. The lowest BCUT2D eigenvalue weighted by Crippen LogP contribution is -2.28. The van der Waals surface area contributed by atoms with Crippen molar-refractivity contribution in [2.75, 3.05) is 5.73 Å². The van der Waals surface area contributed by atoms with Gasteiger partial charge in [0.25, 0.3) is 11.5 Å². The van der Waals surface area contributed by atoms with E-state index in [1.807, 2.05) is 6.07 Å². The summed E-state index contributed by atoms with van der Waals surface area (Å²) in [6.07, 6.45) is 1.49. The fourth-order valence-electron chi connectivity index (χ4n) is 2.75. The Hall–Kier alpha value is -3.49. The molecule has 0 aliphatic rings. The van der Waals surface area contributed by atoms with Crippen molar-refractivity contribution in [2.45, 2.75) is 0 Å². The number of fused-ring (bicyclic) bond motifs is 1. The first-order chi connectivity index (χ1) is 14.0. The molecule has 0 atom stereocenters. The van der Waals surface area contributed by atoms with Crippen LogP contribution in [-0.2, 0) is 0 Å². The van der Waals surface area contributed by atoms with Crippen LogP contribution in [0.15, 0.2) is 69.9 Å². The van der Waals surface area contributed by atoms with E-state index in [4.69, 9.17) is 17.3 Å². The molecule has 0 aliphatic heterocycles. The topological polar surface area (TPSA) is 102 Å². The first-order valence-electron chi connectivity index (χ1n) is 8.49. The highest BCUT2D eigenvalue weighted by atomic mass is 35.5. The maximum Gasteiger partial charge on any atom is 0.292 e. The molecule has 0 aliphatic carbocycles. The molecule has 2 heterocycles. The molecule has 2 aromatic heterocycles. The van der Waals surface area contributed by atoms with Crippen LogP contribution in [-0.4, -0.2) is 21.9 Å². The lowest BCUT2D eigenvalue weighted by Gasteiger charge is -2.08. The van der Waals surface area contributed by atoms with Gasteiger partial charge in [0.05, 0.1) is 22.3 Å². The van der Waals surface area contributed by atoms with Gasteiger partial charge in [-0.25, -0.2) is 5.43 Å². The molecule has 0 spiro atoms. The molecule has 29 heavy (non-hydrogen) atoms. The number of para-hydroxylation sites is 1. The number of nitrogens with two attached hydrogens (primary N) is 1. The highest BCUT2D eigenvalue weighted by molar-refractivity contribution is 7.15. The molecule has 3 N–H and O–H groups in total. The minimum atomic E-state index is -0.553. The van der Waals surface area contributed by atoms with Gasteiger partial charge in [0.2, 0.25) is 0 Å². The molecular formula is C20H14ClN5O2S. The van der Waals surface area contributed by atoms with Crippen molar-refractivity contribution < 1.29 is 4.79 Å². The normalized spacial score (nSPS) is 11.2. The minimum absolute atomic E-state index is 0.0599. The van der Waals surface area contributed by atoms with Crippen LogP contribution in [0, 0.1) is 0 Å². The summed E-state index contributed by atoms with van der Waals surface area (Å²) in [5.41, 5.74) is 9.41. The highest BCUT2D eigenvalue weighted by Gasteiger charge is 2.20. The fraction of sp³-hybridized carbons (Fsp3) is 0. The third-order valence-corrected chi connectivity index (χ3v) is 5.21. The average Bonchev–Trinajstić information content (AvgIpc) is 3.12. The third-order valence-electron chi connectivity index (χ3n) is 4.15. The Kier molecular flexibility index (Phi) is 5.11. The quantitative estimate of drug-likeness (QED) is 0.387. The summed E-state index contributed by atoms with van der Waals surface area (Å²) in [6.45, 7) is 0. The summed E-state index contributed by atoms with van der Waals surface area (Å²) in [4.78, 5) is 25.6. The number of carbonyl (C=O) groups excluding carboxylic acids is 1. The molecule has 2 aromatic carbocycles. The van der Waals surface area contributed by atoms with Crippen molar-refractivity contribution in [1.82, 2.24) is 15.2 Å².